The van der Waals surface area contributed by atoms with Crippen LogP contribution in [0, 0.1) is 5.82 Å². The highest BCUT2D eigenvalue weighted by molar-refractivity contribution is 5.92. The number of nitrogens with zero attached hydrogens (tertiary/aromatic N) is 4. The number of anilines is 2. The van der Waals surface area contributed by atoms with E-state index in [0.29, 0.717) is 50.1 Å². The normalized spacial score (nSPS) is 14.3. The van der Waals surface area contributed by atoms with E-state index in [9.17, 15) is 9.18 Å². The van der Waals surface area contributed by atoms with E-state index in [4.69, 9.17) is 0 Å². The van der Waals surface area contributed by atoms with Crippen LogP contribution in [0.1, 0.15) is 10.5 Å². The van der Waals surface area contributed by atoms with Crippen LogP contribution in [-0.4, -0.2) is 53.5 Å². The van der Waals surface area contributed by atoms with Crippen LogP contribution in [0.3, 0.4) is 0 Å². The van der Waals surface area contributed by atoms with Gasteiger partial charge in [-0.3, -0.25) is 4.79 Å². The summed E-state index contributed by atoms with van der Waals surface area (Å²) in [4.78, 5) is 24.6. The first kappa shape index (κ1) is 16.9. The number of aromatic nitrogens is 2. The zero-order valence-corrected chi connectivity index (χ0v) is 13.9. The van der Waals surface area contributed by atoms with Crippen molar-refractivity contribution in [2.24, 2.45) is 0 Å². The molecule has 3 rings (SSSR count). The molecule has 1 aliphatic rings. The van der Waals surface area contributed by atoms with Crippen LogP contribution in [0.25, 0.3) is 0 Å². The van der Waals surface area contributed by atoms with Crippen molar-refractivity contribution in [1.82, 2.24) is 14.9 Å². The molecule has 0 spiro atoms. The van der Waals surface area contributed by atoms with Crippen molar-refractivity contribution in [3.8, 4) is 0 Å². The summed E-state index contributed by atoms with van der Waals surface area (Å²) in [5.41, 5.74) is 0.924. The van der Waals surface area contributed by atoms with Crippen LogP contribution < -0.4 is 10.2 Å². The van der Waals surface area contributed by atoms with E-state index in [0.717, 1.165) is 0 Å². The van der Waals surface area contributed by atoms with Crippen LogP contribution in [0.4, 0.5) is 16.0 Å². The van der Waals surface area contributed by atoms with Crippen LogP contribution in [-0.2, 0) is 0 Å². The van der Waals surface area contributed by atoms with Gasteiger partial charge in [0.05, 0.1) is 5.69 Å². The van der Waals surface area contributed by atoms with E-state index >= 15 is 0 Å². The molecule has 1 aromatic carbocycles. The molecular formula is C18H20FN5O. The minimum absolute atomic E-state index is 0.141. The van der Waals surface area contributed by atoms with Crippen LogP contribution >= 0.6 is 0 Å². The van der Waals surface area contributed by atoms with E-state index in [1.165, 1.54) is 6.07 Å². The molecule has 7 heteroatoms. The molecule has 130 valence electrons. The number of hydrogen-bond acceptors (Lipinski definition) is 5. The third kappa shape index (κ3) is 3.93. The quantitative estimate of drug-likeness (QED) is 0.845. The van der Waals surface area contributed by atoms with Gasteiger partial charge in [0.2, 0.25) is 5.95 Å². The highest BCUT2D eigenvalue weighted by Gasteiger charge is 2.24. The highest BCUT2D eigenvalue weighted by Crippen LogP contribution is 2.20. The van der Waals surface area contributed by atoms with Gasteiger partial charge >= 0.3 is 0 Å². The second-order valence-corrected chi connectivity index (χ2v) is 5.67. The molecule has 1 aromatic heterocycles. The lowest BCUT2D eigenvalue weighted by molar-refractivity contribution is 0.0740. The Morgan fingerprint density at radius 2 is 2.00 bits per heavy atom. The molecule has 0 radical (unpaired) electrons. The number of piperazine rings is 1. The fourth-order valence-electron chi connectivity index (χ4n) is 2.75. The van der Waals surface area contributed by atoms with Crippen LogP contribution in [0.15, 0.2) is 49.2 Å². The Kier molecular flexibility index (Phi) is 5.23. The maximum absolute atomic E-state index is 13.9. The minimum atomic E-state index is -0.240. The Bertz CT molecular complexity index is 759. The molecule has 1 amide bonds. The van der Waals surface area contributed by atoms with Gasteiger partial charge in [-0.25, -0.2) is 14.4 Å². The molecule has 2 heterocycles. The van der Waals surface area contributed by atoms with Gasteiger partial charge in [-0.1, -0.05) is 18.2 Å². The number of para-hydroxylation sites is 1. The van der Waals surface area contributed by atoms with Crippen molar-refractivity contribution in [2.75, 3.05) is 42.9 Å². The van der Waals surface area contributed by atoms with E-state index in [-0.39, 0.29) is 11.7 Å². The van der Waals surface area contributed by atoms with E-state index in [1.54, 1.807) is 35.4 Å². The average molecular weight is 341 g/mol. The average Bonchev–Trinajstić information content (AvgIpc) is 2.66. The number of amides is 1. The van der Waals surface area contributed by atoms with Crippen molar-refractivity contribution >= 4 is 17.5 Å². The first-order valence-electron chi connectivity index (χ1n) is 8.15. The Morgan fingerprint density at radius 1 is 1.24 bits per heavy atom. The third-order valence-corrected chi connectivity index (χ3v) is 4.04. The smallest absolute Gasteiger partial charge is 0.272 e. The zero-order valence-electron chi connectivity index (χ0n) is 13.9. The molecule has 0 bridgehead atoms. The molecule has 6 nitrogen and oxygen atoms in total. The number of carbonyl (C=O) groups is 1. The second kappa shape index (κ2) is 7.74. The summed E-state index contributed by atoms with van der Waals surface area (Å²) in [7, 11) is 0. The summed E-state index contributed by atoms with van der Waals surface area (Å²) in [6.45, 7) is 6.35. The number of benzene rings is 1. The predicted octanol–water partition coefficient (Wildman–Crippen LogP) is 2.18. The fourth-order valence-corrected chi connectivity index (χ4v) is 2.75. The van der Waals surface area contributed by atoms with Gasteiger partial charge in [0.15, 0.2) is 0 Å². The number of halogens is 1. The Morgan fingerprint density at radius 3 is 2.72 bits per heavy atom. The van der Waals surface area contributed by atoms with Crippen LogP contribution in [0.5, 0.6) is 0 Å². The molecule has 1 fully saturated rings. The van der Waals surface area contributed by atoms with Gasteiger partial charge in [0.1, 0.15) is 11.5 Å². The van der Waals surface area contributed by atoms with E-state index in [2.05, 4.69) is 21.9 Å². The maximum atomic E-state index is 13.9. The summed E-state index contributed by atoms with van der Waals surface area (Å²) < 4.78 is 13.9. The zero-order chi connectivity index (χ0) is 17.6. The minimum Gasteiger partial charge on any atom is -0.366 e. The Hall–Kier alpha value is -2.96. The molecule has 2 aromatic rings. The topological polar surface area (TPSA) is 61.4 Å². The SMILES string of the molecule is C=CCNc1nccc(C(=O)N2CCN(c3ccccc3F)CC2)n1. The molecule has 1 N–H and O–H groups in total. The van der Waals surface area contributed by atoms with Gasteiger partial charge in [-0.05, 0) is 18.2 Å². The lowest BCUT2D eigenvalue weighted by atomic mass is 10.2. The largest absolute Gasteiger partial charge is 0.366 e. The Balaban J connectivity index is 1.64. The monoisotopic (exact) mass is 341 g/mol. The van der Waals surface area contributed by atoms with Gasteiger partial charge in [-0.2, -0.15) is 0 Å². The summed E-state index contributed by atoms with van der Waals surface area (Å²) in [5.74, 6) is 0.0176. The van der Waals surface area contributed by atoms with E-state index < -0.39 is 0 Å². The van der Waals surface area contributed by atoms with E-state index in [1.807, 2.05) is 11.0 Å². The molecule has 0 saturated carbocycles. The summed E-state index contributed by atoms with van der Waals surface area (Å²) >= 11 is 0. The molecule has 0 unspecified atom stereocenters. The standard InChI is InChI=1S/C18H20FN5O/c1-2-8-20-18-21-9-7-15(22-18)17(25)24-12-10-23(11-13-24)16-6-4-3-5-14(16)19/h2-7,9H,1,8,10-13H2,(H,20,21,22). The lowest BCUT2D eigenvalue weighted by Crippen LogP contribution is -2.49. The number of rotatable bonds is 5. The van der Waals surface area contributed by atoms with Crippen molar-refractivity contribution in [1.29, 1.82) is 0 Å². The number of hydrogen-bond donors (Lipinski definition) is 1. The first-order chi connectivity index (χ1) is 12.2. The summed E-state index contributed by atoms with van der Waals surface area (Å²) in [6, 6.07) is 8.30. The van der Waals surface area contributed by atoms with Gasteiger partial charge < -0.3 is 15.1 Å². The third-order valence-electron chi connectivity index (χ3n) is 4.04. The maximum Gasteiger partial charge on any atom is 0.272 e. The van der Waals surface area contributed by atoms with Crippen molar-refractivity contribution in [3.63, 3.8) is 0 Å². The first-order valence-corrected chi connectivity index (χ1v) is 8.15. The van der Waals surface area contributed by atoms with Gasteiger partial charge in [0.25, 0.3) is 5.91 Å². The summed E-state index contributed by atoms with van der Waals surface area (Å²) in [5, 5.41) is 2.97. The van der Waals surface area contributed by atoms with Crippen molar-refractivity contribution in [2.45, 2.75) is 0 Å². The molecule has 1 saturated heterocycles. The van der Waals surface area contributed by atoms with Crippen LogP contribution in [0.2, 0.25) is 0 Å². The highest BCUT2D eigenvalue weighted by atomic mass is 19.1. The van der Waals surface area contributed by atoms with Gasteiger partial charge in [-0.15, -0.1) is 6.58 Å². The fraction of sp³-hybridized carbons (Fsp3) is 0.278. The molecule has 25 heavy (non-hydrogen) atoms. The number of carbonyl (C=O) groups excluding carboxylic acids is 1. The van der Waals surface area contributed by atoms with Crippen molar-refractivity contribution < 1.29 is 9.18 Å². The van der Waals surface area contributed by atoms with Gasteiger partial charge in [0, 0.05) is 38.9 Å². The van der Waals surface area contributed by atoms with Crippen molar-refractivity contribution in [3.05, 3.63) is 60.7 Å². The second-order valence-electron chi connectivity index (χ2n) is 5.67. The molecule has 0 aliphatic carbocycles. The predicted molar refractivity (Wildman–Crippen MR) is 95.2 cm³/mol. The summed E-state index contributed by atoms with van der Waals surface area (Å²) in [6.07, 6.45) is 3.25. The lowest BCUT2D eigenvalue weighted by Gasteiger charge is -2.36. The Labute approximate surface area is 146 Å². The molecule has 0 atom stereocenters. The molecular weight excluding hydrogens is 321 g/mol. The number of nitrogens with one attached hydrogen (secondary N) is 1. The molecule has 1 aliphatic heterocycles.